The van der Waals surface area contributed by atoms with Crippen molar-refractivity contribution >= 4 is 39.3 Å². The minimum absolute atomic E-state index is 0.0722. The molecule has 3 amide bonds. The predicted molar refractivity (Wildman–Crippen MR) is 100 cm³/mol. The molecule has 0 radical (unpaired) electrons. The van der Waals surface area contributed by atoms with Crippen molar-refractivity contribution in [1.29, 1.82) is 0 Å². The standard InChI is InChI=1S/C17H17N3O6S2/c1-26-17(23)20(16(22)13-7-10-27-11-13)18-15(21)12-3-5-14(6-4-12)28(24,25)19-8-2-9-19/h3-7,10-11H,2,8-9H2,1H3,(H,18,21). The predicted octanol–water partition coefficient (Wildman–Crippen LogP) is 1.70. The maximum absolute atomic E-state index is 12.4. The molecule has 0 unspecified atom stereocenters. The molecule has 1 aliphatic rings. The number of carbonyl (C=O) groups excluding carboxylic acids is 3. The van der Waals surface area contributed by atoms with Crippen molar-refractivity contribution in [2.75, 3.05) is 20.2 Å². The molecule has 28 heavy (non-hydrogen) atoms. The van der Waals surface area contributed by atoms with Crippen LogP contribution in [0.3, 0.4) is 0 Å². The van der Waals surface area contributed by atoms with Crippen LogP contribution in [0.15, 0.2) is 46.0 Å². The van der Waals surface area contributed by atoms with Crippen LogP contribution in [-0.4, -0.2) is 55.8 Å². The van der Waals surface area contributed by atoms with Crippen molar-refractivity contribution in [3.63, 3.8) is 0 Å². The smallest absolute Gasteiger partial charge is 0.436 e. The van der Waals surface area contributed by atoms with Crippen LogP contribution >= 0.6 is 11.3 Å². The van der Waals surface area contributed by atoms with Gasteiger partial charge in [-0.2, -0.15) is 15.6 Å². The molecular weight excluding hydrogens is 406 g/mol. The topological polar surface area (TPSA) is 113 Å². The highest BCUT2D eigenvalue weighted by atomic mass is 32.2. The molecule has 1 aliphatic heterocycles. The van der Waals surface area contributed by atoms with Gasteiger partial charge in [-0.25, -0.2) is 13.2 Å². The van der Waals surface area contributed by atoms with Gasteiger partial charge >= 0.3 is 6.09 Å². The highest BCUT2D eigenvalue weighted by Gasteiger charge is 2.30. The van der Waals surface area contributed by atoms with Crippen LogP contribution in [0.1, 0.15) is 27.1 Å². The molecule has 0 spiro atoms. The summed E-state index contributed by atoms with van der Waals surface area (Å²) in [6.45, 7) is 0.951. The molecule has 1 aromatic heterocycles. The van der Waals surface area contributed by atoms with E-state index in [1.165, 1.54) is 51.4 Å². The molecule has 11 heteroatoms. The summed E-state index contributed by atoms with van der Waals surface area (Å²) in [6, 6.07) is 6.75. The Bertz CT molecular complexity index is 982. The number of nitrogens with zero attached hydrogens (tertiary/aromatic N) is 2. The molecule has 2 heterocycles. The molecule has 0 atom stereocenters. The zero-order valence-corrected chi connectivity index (χ0v) is 16.5. The molecule has 0 saturated carbocycles. The number of amides is 3. The molecule has 1 aromatic carbocycles. The first kappa shape index (κ1) is 20.0. The molecule has 9 nitrogen and oxygen atoms in total. The third kappa shape index (κ3) is 3.91. The number of thiophene rings is 1. The van der Waals surface area contributed by atoms with Crippen molar-refractivity contribution in [1.82, 2.24) is 14.7 Å². The summed E-state index contributed by atoms with van der Waals surface area (Å²) in [5.41, 5.74) is 2.48. The first-order chi connectivity index (χ1) is 13.3. The fourth-order valence-electron chi connectivity index (χ4n) is 2.41. The number of methoxy groups -OCH3 is 1. The van der Waals surface area contributed by atoms with E-state index in [-0.39, 0.29) is 16.0 Å². The second kappa shape index (κ2) is 8.09. The molecule has 148 valence electrons. The van der Waals surface area contributed by atoms with E-state index in [1.807, 2.05) is 0 Å². The molecule has 1 N–H and O–H groups in total. The van der Waals surface area contributed by atoms with Gasteiger partial charge in [0.25, 0.3) is 11.8 Å². The van der Waals surface area contributed by atoms with Gasteiger partial charge < -0.3 is 4.74 Å². The Balaban J connectivity index is 1.76. The lowest BCUT2D eigenvalue weighted by Gasteiger charge is -2.29. The molecule has 1 saturated heterocycles. The van der Waals surface area contributed by atoms with Crippen molar-refractivity contribution in [3.8, 4) is 0 Å². The van der Waals surface area contributed by atoms with Crippen molar-refractivity contribution < 1.29 is 27.5 Å². The molecular formula is C17H17N3O6S2. The quantitative estimate of drug-likeness (QED) is 0.749. The van der Waals surface area contributed by atoms with Gasteiger partial charge in [0.05, 0.1) is 17.6 Å². The Kier molecular flexibility index (Phi) is 5.77. The Hall–Kier alpha value is -2.76. The number of rotatable bonds is 4. The average molecular weight is 423 g/mol. The summed E-state index contributed by atoms with van der Waals surface area (Å²) in [4.78, 5) is 36.8. The van der Waals surface area contributed by atoms with E-state index in [0.29, 0.717) is 18.1 Å². The Morgan fingerprint density at radius 3 is 2.29 bits per heavy atom. The monoisotopic (exact) mass is 423 g/mol. The third-order valence-corrected chi connectivity index (χ3v) is 6.71. The zero-order chi connectivity index (χ0) is 20.3. The van der Waals surface area contributed by atoms with E-state index in [2.05, 4.69) is 10.2 Å². The van der Waals surface area contributed by atoms with E-state index in [9.17, 15) is 22.8 Å². The number of hydrogen-bond donors (Lipinski definition) is 1. The van der Waals surface area contributed by atoms with Crippen LogP contribution in [0, 0.1) is 0 Å². The first-order valence-electron chi connectivity index (χ1n) is 8.20. The minimum Gasteiger partial charge on any atom is -0.451 e. The van der Waals surface area contributed by atoms with E-state index in [1.54, 1.807) is 5.38 Å². The van der Waals surface area contributed by atoms with Gasteiger partial charge in [-0.15, -0.1) is 5.01 Å². The zero-order valence-electron chi connectivity index (χ0n) is 14.8. The van der Waals surface area contributed by atoms with Crippen molar-refractivity contribution in [2.45, 2.75) is 11.3 Å². The largest absolute Gasteiger partial charge is 0.451 e. The summed E-state index contributed by atoms with van der Waals surface area (Å²) in [5.74, 6) is -1.51. The maximum Gasteiger partial charge on any atom is 0.436 e. The van der Waals surface area contributed by atoms with Gasteiger partial charge in [-0.3, -0.25) is 15.0 Å². The normalized spacial score (nSPS) is 14.0. The van der Waals surface area contributed by atoms with Crippen LogP contribution < -0.4 is 5.43 Å². The van der Waals surface area contributed by atoms with E-state index < -0.39 is 27.9 Å². The van der Waals surface area contributed by atoms with Crippen LogP contribution in [0.5, 0.6) is 0 Å². The number of imide groups is 1. The number of hydrazine groups is 1. The average Bonchev–Trinajstić information content (AvgIpc) is 3.18. The van der Waals surface area contributed by atoms with Gasteiger partial charge in [0.1, 0.15) is 0 Å². The maximum atomic E-state index is 12.4. The number of ether oxygens (including phenoxy) is 1. The van der Waals surface area contributed by atoms with E-state index in [0.717, 1.165) is 13.5 Å². The molecule has 1 fully saturated rings. The summed E-state index contributed by atoms with van der Waals surface area (Å²) in [5, 5.41) is 3.65. The SMILES string of the molecule is COC(=O)N(NC(=O)c1ccc(S(=O)(=O)N2CCC2)cc1)C(=O)c1ccsc1. The van der Waals surface area contributed by atoms with Gasteiger partial charge in [0.2, 0.25) is 10.0 Å². The number of carbonyl (C=O) groups is 3. The van der Waals surface area contributed by atoms with Crippen molar-refractivity contribution in [2.24, 2.45) is 0 Å². The van der Waals surface area contributed by atoms with Gasteiger partial charge in [0.15, 0.2) is 0 Å². The summed E-state index contributed by atoms with van der Waals surface area (Å²) < 4.78 is 30.6. The van der Waals surface area contributed by atoms with Crippen LogP contribution in [-0.2, 0) is 14.8 Å². The second-order valence-electron chi connectivity index (χ2n) is 5.85. The third-order valence-electron chi connectivity index (χ3n) is 4.11. The van der Waals surface area contributed by atoms with Crippen LogP contribution in [0.25, 0.3) is 0 Å². The number of benzene rings is 1. The molecule has 2 aromatic rings. The lowest BCUT2D eigenvalue weighted by molar-refractivity contribution is 0.0540. The highest BCUT2D eigenvalue weighted by molar-refractivity contribution is 7.89. The van der Waals surface area contributed by atoms with Gasteiger partial charge in [0, 0.05) is 24.0 Å². The van der Waals surface area contributed by atoms with Crippen molar-refractivity contribution in [3.05, 3.63) is 52.2 Å². The highest BCUT2D eigenvalue weighted by Crippen LogP contribution is 2.21. The fraction of sp³-hybridized carbons (Fsp3) is 0.235. The number of nitrogens with one attached hydrogen (secondary N) is 1. The minimum atomic E-state index is -3.56. The first-order valence-corrected chi connectivity index (χ1v) is 10.6. The molecule has 0 bridgehead atoms. The number of hydrogen-bond acceptors (Lipinski definition) is 7. The Morgan fingerprint density at radius 1 is 1.11 bits per heavy atom. The van der Waals surface area contributed by atoms with Crippen LogP contribution in [0.4, 0.5) is 4.79 Å². The molecule has 0 aliphatic carbocycles. The summed E-state index contributed by atoms with van der Waals surface area (Å²) >= 11 is 1.26. The summed E-state index contributed by atoms with van der Waals surface area (Å²) in [6.07, 6.45) is -0.233. The Labute approximate surface area is 165 Å². The summed E-state index contributed by atoms with van der Waals surface area (Å²) in [7, 11) is -2.48. The van der Waals surface area contributed by atoms with Gasteiger partial charge in [-0.05, 0) is 42.1 Å². The lowest BCUT2D eigenvalue weighted by Crippen LogP contribution is -2.49. The fourth-order valence-corrected chi connectivity index (χ4v) is 4.55. The van der Waals surface area contributed by atoms with Crippen LogP contribution in [0.2, 0.25) is 0 Å². The van der Waals surface area contributed by atoms with E-state index in [4.69, 9.17) is 0 Å². The Morgan fingerprint density at radius 2 is 1.79 bits per heavy atom. The molecule has 3 rings (SSSR count). The number of sulfonamides is 1. The van der Waals surface area contributed by atoms with Gasteiger partial charge in [-0.1, -0.05) is 0 Å². The van der Waals surface area contributed by atoms with E-state index >= 15 is 0 Å². The second-order valence-corrected chi connectivity index (χ2v) is 8.56. The lowest BCUT2D eigenvalue weighted by atomic mass is 10.2.